The van der Waals surface area contributed by atoms with Crippen LogP contribution < -0.4 is 10.1 Å². The summed E-state index contributed by atoms with van der Waals surface area (Å²) in [7, 11) is 0. The van der Waals surface area contributed by atoms with Crippen molar-refractivity contribution in [1.29, 1.82) is 0 Å². The maximum atomic E-state index is 12.8. The van der Waals surface area contributed by atoms with Gasteiger partial charge in [0, 0.05) is 5.56 Å². The summed E-state index contributed by atoms with van der Waals surface area (Å²) >= 11 is 0. The van der Waals surface area contributed by atoms with Crippen molar-refractivity contribution < 1.29 is 19.1 Å². The van der Waals surface area contributed by atoms with E-state index in [0.29, 0.717) is 37.2 Å². The van der Waals surface area contributed by atoms with Gasteiger partial charge >= 0.3 is 5.97 Å². The first-order chi connectivity index (χ1) is 13.0. The van der Waals surface area contributed by atoms with Crippen molar-refractivity contribution in [3.8, 4) is 5.88 Å². The van der Waals surface area contributed by atoms with E-state index in [-0.39, 0.29) is 18.2 Å². The van der Waals surface area contributed by atoms with E-state index in [2.05, 4.69) is 10.3 Å². The lowest BCUT2D eigenvalue weighted by atomic mass is 9.92. The van der Waals surface area contributed by atoms with Crippen LogP contribution in [0.2, 0.25) is 0 Å². The average molecular weight is 374 g/mol. The zero-order valence-corrected chi connectivity index (χ0v) is 16.5. The number of nitrogens with one attached hydrogen (secondary N) is 1. The van der Waals surface area contributed by atoms with Crippen LogP contribution >= 0.6 is 0 Å². The molecule has 0 radical (unpaired) electrons. The maximum Gasteiger partial charge on any atom is 0.331 e. The second-order valence-electron chi connectivity index (χ2n) is 7.58. The fraction of sp³-hybridized carbons (Fsp3) is 0.667. The lowest BCUT2D eigenvalue weighted by molar-refractivity contribution is -0.151. The number of hydrogen-bond donors (Lipinski definition) is 1. The first-order valence-corrected chi connectivity index (χ1v) is 10.2. The van der Waals surface area contributed by atoms with E-state index < -0.39 is 11.5 Å². The number of ether oxygens (including phenoxy) is 2. The summed E-state index contributed by atoms with van der Waals surface area (Å²) in [5.74, 6) is 0.919. The molecule has 0 bridgehead atoms. The lowest BCUT2D eigenvalue weighted by Gasteiger charge is -2.30. The minimum Gasteiger partial charge on any atom is -0.477 e. The number of pyridine rings is 1. The normalized spacial score (nSPS) is 16.7. The molecule has 6 heteroatoms. The highest BCUT2D eigenvalue weighted by atomic mass is 16.5. The minimum atomic E-state index is -1.03. The molecule has 1 heterocycles. The molecule has 2 fully saturated rings. The third-order valence-electron chi connectivity index (χ3n) is 5.52. The van der Waals surface area contributed by atoms with E-state index >= 15 is 0 Å². The first-order valence-electron chi connectivity index (χ1n) is 10.2. The lowest BCUT2D eigenvalue weighted by Crippen LogP contribution is -2.54. The maximum absolute atomic E-state index is 12.8. The largest absolute Gasteiger partial charge is 0.477 e. The molecular weight excluding hydrogens is 344 g/mol. The van der Waals surface area contributed by atoms with E-state index in [4.69, 9.17) is 9.47 Å². The number of amides is 1. The summed E-state index contributed by atoms with van der Waals surface area (Å²) < 4.78 is 11.1. The highest BCUT2D eigenvalue weighted by Gasteiger charge is 2.39. The number of hydrogen-bond acceptors (Lipinski definition) is 5. The molecule has 0 saturated heterocycles. The molecular formula is C21H30N2O4. The fourth-order valence-corrected chi connectivity index (χ4v) is 3.20. The second kappa shape index (κ2) is 8.28. The van der Waals surface area contributed by atoms with Gasteiger partial charge in [0.2, 0.25) is 5.88 Å². The van der Waals surface area contributed by atoms with Crippen molar-refractivity contribution in [2.75, 3.05) is 13.2 Å². The number of rotatable bonds is 10. The number of nitrogens with zero attached hydrogens (tertiary/aromatic N) is 1. The molecule has 1 amide bonds. The average Bonchev–Trinajstić information content (AvgIpc) is 3.58. The third-order valence-corrected chi connectivity index (χ3v) is 5.52. The van der Waals surface area contributed by atoms with Gasteiger partial charge < -0.3 is 14.8 Å². The Morgan fingerprint density at radius 2 is 1.85 bits per heavy atom. The van der Waals surface area contributed by atoms with Gasteiger partial charge in [-0.3, -0.25) is 4.79 Å². The molecule has 27 heavy (non-hydrogen) atoms. The van der Waals surface area contributed by atoms with Gasteiger partial charge in [0.25, 0.3) is 5.91 Å². The summed E-state index contributed by atoms with van der Waals surface area (Å²) in [5.41, 5.74) is 0.342. The van der Waals surface area contributed by atoms with Gasteiger partial charge in [-0.15, -0.1) is 0 Å². The molecule has 0 atom stereocenters. The van der Waals surface area contributed by atoms with Crippen LogP contribution in [0.5, 0.6) is 5.88 Å². The number of aromatic nitrogens is 1. The Morgan fingerprint density at radius 1 is 1.15 bits per heavy atom. The fourth-order valence-electron chi connectivity index (χ4n) is 3.20. The second-order valence-corrected chi connectivity index (χ2v) is 7.58. The van der Waals surface area contributed by atoms with Crippen LogP contribution in [0.25, 0.3) is 0 Å². The highest BCUT2D eigenvalue weighted by Crippen LogP contribution is 2.44. The smallest absolute Gasteiger partial charge is 0.331 e. The minimum absolute atomic E-state index is 0.278. The summed E-state index contributed by atoms with van der Waals surface area (Å²) in [4.78, 5) is 29.8. The third kappa shape index (κ3) is 4.60. The molecule has 0 unspecified atom stereocenters. The van der Waals surface area contributed by atoms with Gasteiger partial charge in [0.1, 0.15) is 11.2 Å². The molecule has 0 aliphatic heterocycles. The number of carbonyl (C=O) groups excluding carboxylic acids is 2. The molecule has 0 aromatic carbocycles. The Kier molecular flexibility index (Phi) is 6.02. The summed E-state index contributed by atoms with van der Waals surface area (Å²) in [6.07, 6.45) is 5.61. The number of esters is 1. The molecule has 0 spiro atoms. The predicted octanol–water partition coefficient (Wildman–Crippen LogP) is 3.60. The molecule has 2 aliphatic rings. The van der Waals surface area contributed by atoms with Crippen LogP contribution in [-0.4, -0.2) is 35.6 Å². The van der Waals surface area contributed by atoms with Gasteiger partial charge in [-0.05, 0) is 63.4 Å². The van der Waals surface area contributed by atoms with Crippen LogP contribution in [0.1, 0.15) is 81.3 Å². The summed E-state index contributed by atoms with van der Waals surface area (Å²) in [6, 6.07) is 3.68. The van der Waals surface area contributed by atoms with E-state index in [1.54, 1.807) is 13.0 Å². The van der Waals surface area contributed by atoms with Gasteiger partial charge in [-0.1, -0.05) is 19.9 Å². The molecule has 1 aromatic heterocycles. The van der Waals surface area contributed by atoms with E-state index in [0.717, 1.165) is 18.4 Å². The van der Waals surface area contributed by atoms with Crippen LogP contribution in [0.15, 0.2) is 12.1 Å². The molecule has 1 N–H and O–H groups in total. The van der Waals surface area contributed by atoms with Crippen molar-refractivity contribution in [3.63, 3.8) is 0 Å². The first kappa shape index (κ1) is 19.6. The van der Waals surface area contributed by atoms with Crippen LogP contribution in [-0.2, 0) is 9.53 Å². The van der Waals surface area contributed by atoms with Crippen molar-refractivity contribution >= 4 is 11.9 Å². The van der Waals surface area contributed by atoms with Crippen molar-refractivity contribution in [1.82, 2.24) is 10.3 Å². The molecule has 2 aliphatic carbocycles. The van der Waals surface area contributed by atoms with Gasteiger partial charge in [0.15, 0.2) is 0 Å². The molecule has 3 rings (SSSR count). The van der Waals surface area contributed by atoms with Crippen molar-refractivity contribution in [2.24, 2.45) is 5.92 Å². The van der Waals surface area contributed by atoms with E-state index in [1.165, 1.54) is 12.8 Å². The Labute approximate surface area is 161 Å². The van der Waals surface area contributed by atoms with E-state index in [9.17, 15) is 9.59 Å². The summed E-state index contributed by atoms with van der Waals surface area (Å²) in [6.45, 7) is 6.44. The van der Waals surface area contributed by atoms with E-state index in [1.807, 2.05) is 19.9 Å². The zero-order chi connectivity index (χ0) is 19.4. The molecule has 2 saturated carbocycles. The topological polar surface area (TPSA) is 77.5 Å². The van der Waals surface area contributed by atoms with Crippen LogP contribution in [0.4, 0.5) is 0 Å². The monoisotopic (exact) mass is 374 g/mol. The van der Waals surface area contributed by atoms with Crippen molar-refractivity contribution in [3.05, 3.63) is 23.4 Å². The van der Waals surface area contributed by atoms with Crippen molar-refractivity contribution in [2.45, 2.75) is 70.8 Å². The predicted molar refractivity (Wildman–Crippen MR) is 102 cm³/mol. The molecule has 6 nitrogen and oxygen atoms in total. The van der Waals surface area contributed by atoms with Crippen LogP contribution in [0, 0.1) is 5.92 Å². The Bertz CT molecular complexity index is 691. The Morgan fingerprint density at radius 3 is 2.41 bits per heavy atom. The molecule has 148 valence electrons. The zero-order valence-electron chi connectivity index (χ0n) is 16.5. The van der Waals surface area contributed by atoms with Crippen LogP contribution in [0.3, 0.4) is 0 Å². The Balaban J connectivity index is 1.78. The SMILES string of the molecule is CCOC(=O)C(CC)(CC)NC(=O)c1ccc(C2CC2)c(OCC2CC2)n1. The summed E-state index contributed by atoms with van der Waals surface area (Å²) in [5, 5.41) is 2.87. The molecule has 1 aromatic rings. The highest BCUT2D eigenvalue weighted by molar-refractivity contribution is 5.97. The van der Waals surface area contributed by atoms with Gasteiger partial charge in [-0.2, -0.15) is 0 Å². The quantitative estimate of drug-likeness (QED) is 0.633. The van der Waals surface area contributed by atoms with Gasteiger partial charge in [0.05, 0.1) is 13.2 Å². The standard InChI is InChI=1S/C21H30N2O4/c1-4-21(5-2,20(25)26-6-3)23-18(24)17-12-11-16(15-9-10-15)19(22-17)27-13-14-7-8-14/h11-12,14-15H,4-10,13H2,1-3H3,(H,23,24). The number of carbonyl (C=O) groups is 2. The van der Waals surface area contributed by atoms with Gasteiger partial charge in [-0.25, -0.2) is 9.78 Å². The Hall–Kier alpha value is -2.11.